The fourth-order valence-corrected chi connectivity index (χ4v) is 3.32. The summed E-state index contributed by atoms with van der Waals surface area (Å²) in [5.41, 5.74) is 4.52. The molecule has 0 bridgehead atoms. The quantitative estimate of drug-likeness (QED) is 0.325. The third-order valence-electron chi connectivity index (χ3n) is 4.61. The summed E-state index contributed by atoms with van der Waals surface area (Å²) in [7, 11) is 0. The Labute approximate surface area is 189 Å². The van der Waals surface area contributed by atoms with Crippen LogP contribution in [0.2, 0.25) is 0 Å². The van der Waals surface area contributed by atoms with Crippen molar-refractivity contribution in [3.8, 4) is 5.69 Å². The van der Waals surface area contributed by atoms with E-state index >= 15 is 0 Å². The van der Waals surface area contributed by atoms with Gasteiger partial charge in [-0.2, -0.15) is 11.2 Å². The number of hydrogen-bond acceptors (Lipinski definition) is 4. The monoisotopic (exact) mass is 573 g/mol. The Bertz CT molecular complexity index is 1140. The normalized spacial score (nSPS) is 12.6. The van der Waals surface area contributed by atoms with Crippen LogP contribution in [0.25, 0.3) is 5.69 Å². The molecule has 0 unspecified atom stereocenters. The van der Waals surface area contributed by atoms with Crippen molar-refractivity contribution in [3.63, 3.8) is 0 Å². The smallest absolute Gasteiger partial charge is 0.518 e. The molecule has 2 heterocycles. The molecule has 0 aliphatic carbocycles. The molecule has 6 heteroatoms. The SMILES string of the molecule is [Pt+2].[c-]1c(C2=NCCO2)cccc1N(c1[c-]c(-n2cccn2)ccc1)c1ccccc1. The first-order valence-electron chi connectivity index (χ1n) is 9.46. The number of aliphatic imine (C=N–C) groups is 1. The molecule has 0 saturated carbocycles. The maximum absolute atomic E-state index is 5.63. The first-order chi connectivity index (χ1) is 14.4. The summed E-state index contributed by atoms with van der Waals surface area (Å²) in [4.78, 5) is 6.54. The van der Waals surface area contributed by atoms with E-state index in [-0.39, 0.29) is 21.1 Å². The van der Waals surface area contributed by atoms with Crippen LogP contribution in [0.5, 0.6) is 0 Å². The summed E-state index contributed by atoms with van der Waals surface area (Å²) in [6.07, 6.45) is 3.67. The van der Waals surface area contributed by atoms with Gasteiger partial charge < -0.3 is 9.64 Å². The Morgan fingerprint density at radius 1 is 0.867 bits per heavy atom. The molecule has 0 atom stereocenters. The van der Waals surface area contributed by atoms with Crippen molar-refractivity contribution in [2.24, 2.45) is 4.99 Å². The maximum atomic E-state index is 5.63. The van der Waals surface area contributed by atoms with E-state index in [1.54, 1.807) is 10.9 Å². The standard InChI is InChI=1S/C24H18N4O.Pt/c1-2-8-20(9-3-1)28(22-11-4-7-19(17-22)24-25-14-16-29-24)23-12-5-10-21(18-23)27-15-6-13-26-27;/h1-13,15H,14,16H2;/q-2;+2. The zero-order valence-electron chi connectivity index (χ0n) is 16.0. The van der Waals surface area contributed by atoms with Crippen molar-refractivity contribution < 1.29 is 25.8 Å². The summed E-state index contributed by atoms with van der Waals surface area (Å²) in [5, 5.41) is 4.33. The largest absolute Gasteiger partial charge is 2.00 e. The van der Waals surface area contributed by atoms with Crippen LogP contribution in [-0.2, 0) is 25.8 Å². The first kappa shape index (κ1) is 20.1. The minimum Gasteiger partial charge on any atom is -0.518 e. The van der Waals surface area contributed by atoms with Crippen molar-refractivity contribution in [3.05, 3.63) is 103 Å². The summed E-state index contributed by atoms with van der Waals surface area (Å²) < 4.78 is 7.43. The number of para-hydroxylation sites is 1. The topological polar surface area (TPSA) is 42.6 Å². The molecule has 0 radical (unpaired) electrons. The van der Waals surface area contributed by atoms with E-state index in [0.717, 1.165) is 28.3 Å². The van der Waals surface area contributed by atoms with Gasteiger partial charge in [0.05, 0.1) is 13.2 Å². The molecule has 3 aromatic carbocycles. The molecule has 0 spiro atoms. The van der Waals surface area contributed by atoms with Gasteiger partial charge in [-0.1, -0.05) is 29.4 Å². The Balaban J connectivity index is 0.00000218. The van der Waals surface area contributed by atoms with Crippen molar-refractivity contribution in [2.75, 3.05) is 18.1 Å². The third-order valence-corrected chi connectivity index (χ3v) is 4.61. The molecule has 30 heavy (non-hydrogen) atoms. The van der Waals surface area contributed by atoms with E-state index in [4.69, 9.17) is 4.74 Å². The summed E-state index contributed by atoms with van der Waals surface area (Å²) in [6, 6.07) is 31.1. The first-order valence-corrected chi connectivity index (χ1v) is 9.46. The van der Waals surface area contributed by atoms with Crippen LogP contribution in [0.15, 0.2) is 90.2 Å². The second-order valence-electron chi connectivity index (χ2n) is 6.53. The van der Waals surface area contributed by atoms with Gasteiger partial charge in [0.1, 0.15) is 5.90 Å². The van der Waals surface area contributed by atoms with E-state index in [9.17, 15) is 0 Å². The molecule has 1 aromatic heterocycles. The van der Waals surface area contributed by atoms with Gasteiger partial charge in [0.25, 0.3) is 0 Å². The van der Waals surface area contributed by atoms with Crippen molar-refractivity contribution in [2.45, 2.75) is 0 Å². The predicted octanol–water partition coefficient (Wildman–Crippen LogP) is 4.72. The minimum absolute atomic E-state index is 0. The summed E-state index contributed by atoms with van der Waals surface area (Å²) >= 11 is 0. The Morgan fingerprint density at radius 2 is 1.67 bits per heavy atom. The van der Waals surface area contributed by atoms with Crippen LogP contribution in [0.3, 0.4) is 0 Å². The van der Waals surface area contributed by atoms with Crippen LogP contribution in [0, 0.1) is 12.1 Å². The van der Waals surface area contributed by atoms with Crippen LogP contribution in [0.1, 0.15) is 5.56 Å². The summed E-state index contributed by atoms with van der Waals surface area (Å²) in [5.74, 6) is 0.647. The van der Waals surface area contributed by atoms with E-state index in [1.807, 2.05) is 66.9 Å². The van der Waals surface area contributed by atoms with E-state index in [0.29, 0.717) is 19.0 Å². The molecule has 0 saturated heterocycles. The van der Waals surface area contributed by atoms with Crippen molar-refractivity contribution >= 4 is 23.0 Å². The van der Waals surface area contributed by atoms with Gasteiger partial charge in [-0.05, 0) is 29.6 Å². The van der Waals surface area contributed by atoms with E-state index < -0.39 is 0 Å². The van der Waals surface area contributed by atoms with Gasteiger partial charge in [-0.15, -0.1) is 42.5 Å². The van der Waals surface area contributed by atoms with Crippen LogP contribution < -0.4 is 4.90 Å². The Hall–Kier alpha value is -3.17. The molecule has 0 N–H and O–H groups in total. The van der Waals surface area contributed by atoms with Gasteiger partial charge in [0, 0.05) is 18.1 Å². The van der Waals surface area contributed by atoms with Gasteiger partial charge in [-0.25, -0.2) is 0 Å². The number of anilines is 3. The minimum atomic E-state index is 0. The van der Waals surface area contributed by atoms with Gasteiger partial charge in [0.15, 0.2) is 0 Å². The molecular weight excluding hydrogens is 555 g/mol. The molecule has 150 valence electrons. The number of rotatable bonds is 5. The second kappa shape index (κ2) is 9.10. The van der Waals surface area contributed by atoms with E-state index in [1.165, 1.54) is 0 Å². The Kier molecular flexibility index (Phi) is 6.10. The number of hydrogen-bond donors (Lipinski definition) is 0. The molecule has 5 rings (SSSR count). The predicted molar refractivity (Wildman–Crippen MR) is 113 cm³/mol. The molecular formula is C24H18N4OPt. The maximum Gasteiger partial charge on any atom is 2.00 e. The molecule has 5 nitrogen and oxygen atoms in total. The van der Waals surface area contributed by atoms with Crippen molar-refractivity contribution in [1.29, 1.82) is 0 Å². The van der Waals surface area contributed by atoms with Crippen LogP contribution in [-0.4, -0.2) is 28.8 Å². The number of benzene rings is 3. The fraction of sp³-hybridized carbons (Fsp3) is 0.0833. The second-order valence-corrected chi connectivity index (χ2v) is 6.53. The molecule has 0 amide bonds. The zero-order valence-corrected chi connectivity index (χ0v) is 18.3. The number of ether oxygens (including phenoxy) is 1. The van der Waals surface area contributed by atoms with Gasteiger partial charge in [0.2, 0.25) is 0 Å². The van der Waals surface area contributed by atoms with Crippen LogP contribution in [0.4, 0.5) is 17.1 Å². The molecule has 0 fully saturated rings. The number of nitrogens with zero attached hydrogens (tertiary/aromatic N) is 4. The average molecular weight is 574 g/mol. The molecule has 4 aromatic rings. The molecule has 1 aliphatic heterocycles. The van der Waals surface area contributed by atoms with Gasteiger partial charge in [-0.3, -0.25) is 9.67 Å². The van der Waals surface area contributed by atoms with E-state index in [2.05, 4.69) is 39.3 Å². The van der Waals surface area contributed by atoms with Crippen molar-refractivity contribution in [1.82, 2.24) is 9.78 Å². The zero-order chi connectivity index (χ0) is 19.5. The summed E-state index contributed by atoms with van der Waals surface area (Å²) in [6.45, 7) is 1.31. The van der Waals surface area contributed by atoms with Crippen LogP contribution >= 0.6 is 0 Å². The third kappa shape index (κ3) is 4.07. The fourth-order valence-electron chi connectivity index (χ4n) is 3.32. The number of aromatic nitrogens is 2. The molecule has 1 aliphatic rings. The Morgan fingerprint density at radius 3 is 2.40 bits per heavy atom. The van der Waals surface area contributed by atoms with Gasteiger partial charge >= 0.3 is 21.1 Å². The average Bonchev–Trinajstić information content (AvgIpc) is 3.50.